The van der Waals surface area contributed by atoms with Crippen LogP contribution in [0.1, 0.15) is 17.8 Å². The first-order valence-electron chi connectivity index (χ1n) is 20.2. The fraction of sp³-hybridized carbons (Fsp3) is 0. The summed E-state index contributed by atoms with van der Waals surface area (Å²) in [4.78, 5) is 0. The topological polar surface area (TPSA) is 13.1 Å². The van der Waals surface area contributed by atoms with Crippen molar-refractivity contribution in [1.82, 2.24) is 0 Å². The highest BCUT2D eigenvalue weighted by atomic mass is 16.3. The lowest BCUT2D eigenvalue weighted by atomic mass is 9.84. The summed E-state index contributed by atoms with van der Waals surface area (Å²) in [6.07, 6.45) is 0. The molecule has 1 nitrogen and oxygen atoms in total. The highest BCUT2D eigenvalue weighted by Gasteiger charge is 2.20. The fourth-order valence-electron chi connectivity index (χ4n) is 5.99. The molecule has 0 saturated heterocycles. The van der Waals surface area contributed by atoms with Gasteiger partial charge >= 0.3 is 0 Å². The average Bonchev–Trinajstić information content (AvgIpc) is 3.61. The third-order valence-corrected chi connectivity index (χ3v) is 7.82. The second kappa shape index (κ2) is 9.44. The lowest BCUT2D eigenvalue weighted by Gasteiger charge is -2.18. The standard InChI is InChI=1S/C42H26O/c1-2-12-27(13-3-1)28-16-10-17-31(24-28)40-32-18-6-8-20-34(32)41(35-21-9-7-19-33(35)40)36-22-11-23-38-42(36)37-25-29-14-4-5-15-30(29)26-39(37)43-38/h1-26H/i4D,5D,10D,11D,14D,15D,16D,17D,22D,23D,24D,25D,26D. The summed E-state index contributed by atoms with van der Waals surface area (Å²) in [5, 5.41) is 1.62. The maximum Gasteiger partial charge on any atom is 0.136 e. The van der Waals surface area contributed by atoms with E-state index in [1.807, 2.05) is 6.07 Å². The van der Waals surface area contributed by atoms with Crippen molar-refractivity contribution < 1.29 is 22.2 Å². The maximum absolute atomic E-state index is 9.50. The van der Waals surface area contributed by atoms with Crippen LogP contribution >= 0.6 is 0 Å². The number of fused-ring (bicyclic) bond motifs is 6. The van der Waals surface area contributed by atoms with Crippen LogP contribution in [0.5, 0.6) is 0 Å². The van der Waals surface area contributed by atoms with E-state index in [0.29, 0.717) is 38.2 Å². The first kappa shape index (κ1) is 14.5. The second-order valence-corrected chi connectivity index (χ2v) is 10.2. The Balaban J connectivity index is 1.51. The van der Waals surface area contributed by atoms with Crippen molar-refractivity contribution in [3.05, 3.63) is 157 Å². The predicted molar refractivity (Wildman–Crippen MR) is 183 cm³/mol. The van der Waals surface area contributed by atoms with Gasteiger partial charge in [0.1, 0.15) is 11.2 Å². The van der Waals surface area contributed by atoms with Crippen molar-refractivity contribution in [3.63, 3.8) is 0 Å². The van der Waals surface area contributed by atoms with Gasteiger partial charge in [-0.2, -0.15) is 0 Å². The lowest BCUT2D eigenvalue weighted by Crippen LogP contribution is -1.91. The van der Waals surface area contributed by atoms with Gasteiger partial charge in [0.2, 0.25) is 0 Å². The Bertz CT molecular complexity index is 3170. The summed E-state index contributed by atoms with van der Waals surface area (Å²) in [6.45, 7) is 0. The van der Waals surface area contributed by atoms with Gasteiger partial charge in [-0.3, -0.25) is 0 Å². The minimum Gasteiger partial charge on any atom is -0.456 e. The molecule has 1 heterocycles. The SMILES string of the molecule is [2H]c1c([2H])c(-c2ccccc2)c([2H])c(-c2c3ccccc3c(-c3c([2H])c([2H])c([2H])c4oc5c([2H])c6c([2H])c([2H])c([2H])c([2H])c6c([2H])c5c34)c3ccccc23)c1[2H]. The van der Waals surface area contributed by atoms with E-state index < -0.39 is 42.3 Å². The Labute approximate surface area is 267 Å². The molecule has 0 radical (unpaired) electrons. The minimum absolute atomic E-state index is 0.0453. The molecule has 43 heavy (non-hydrogen) atoms. The van der Waals surface area contributed by atoms with E-state index in [4.69, 9.17) is 18.1 Å². The van der Waals surface area contributed by atoms with Crippen molar-refractivity contribution in [1.29, 1.82) is 0 Å². The van der Waals surface area contributed by atoms with Crippen LogP contribution < -0.4 is 0 Å². The van der Waals surface area contributed by atoms with Gasteiger partial charge < -0.3 is 4.42 Å². The summed E-state index contributed by atoms with van der Waals surface area (Å²) in [6, 6.07) is 17.7. The molecule has 1 aromatic heterocycles. The predicted octanol–water partition coefficient (Wildman–Crippen LogP) is 12.0. The molecular formula is C42H26O. The van der Waals surface area contributed by atoms with Gasteiger partial charge in [0, 0.05) is 10.8 Å². The summed E-state index contributed by atoms with van der Waals surface area (Å²) in [7, 11) is 0. The molecule has 8 aromatic carbocycles. The van der Waals surface area contributed by atoms with Gasteiger partial charge in [0.25, 0.3) is 0 Å². The highest BCUT2D eigenvalue weighted by Crippen LogP contribution is 2.47. The molecule has 9 rings (SSSR count). The van der Waals surface area contributed by atoms with E-state index in [9.17, 15) is 4.11 Å². The first-order valence-corrected chi connectivity index (χ1v) is 13.7. The van der Waals surface area contributed by atoms with Gasteiger partial charge in [-0.25, -0.2) is 0 Å². The molecule has 0 fully saturated rings. The number of rotatable bonds is 3. The van der Waals surface area contributed by atoms with Crippen LogP contribution in [-0.2, 0) is 0 Å². The quantitative estimate of drug-likeness (QED) is 0.196. The molecule has 0 unspecified atom stereocenters. The Morgan fingerprint density at radius 2 is 1.02 bits per heavy atom. The van der Waals surface area contributed by atoms with E-state index in [2.05, 4.69) is 0 Å². The second-order valence-electron chi connectivity index (χ2n) is 10.2. The van der Waals surface area contributed by atoms with Crippen LogP contribution in [0, 0.1) is 0 Å². The van der Waals surface area contributed by atoms with Crippen LogP contribution in [0.15, 0.2) is 162 Å². The molecule has 0 aliphatic heterocycles. The monoisotopic (exact) mass is 559 g/mol. The zero-order valence-corrected chi connectivity index (χ0v) is 22.4. The van der Waals surface area contributed by atoms with E-state index in [-0.39, 0.29) is 85.7 Å². The molecule has 1 heteroatoms. The van der Waals surface area contributed by atoms with E-state index in [0.717, 1.165) is 0 Å². The van der Waals surface area contributed by atoms with Crippen molar-refractivity contribution in [2.24, 2.45) is 0 Å². The Morgan fingerprint density at radius 3 is 1.74 bits per heavy atom. The van der Waals surface area contributed by atoms with Gasteiger partial charge in [0.05, 0.1) is 17.8 Å². The van der Waals surface area contributed by atoms with Crippen LogP contribution in [0.4, 0.5) is 0 Å². The summed E-state index contributed by atoms with van der Waals surface area (Å²) in [5.41, 5.74) is 1.39. The van der Waals surface area contributed by atoms with Gasteiger partial charge in [-0.05, 0) is 89.9 Å². The molecule has 0 saturated carbocycles. The largest absolute Gasteiger partial charge is 0.456 e. The van der Waals surface area contributed by atoms with Gasteiger partial charge in [0.15, 0.2) is 0 Å². The third-order valence-electron chi connectivity index (χ3n) is 7.82. The van der Waals surface area contributed by atoms with Gasteiger partial charge in [-0.1, -0.05) is 133 Å². The Kier molecular flexibility index (Phi) is 3.18. The molecule has 0 atom stereocenters. The molecule has 0 spiro atoms. The number of furan rings is 1. The number of hydrogen-bond donors (Lipinski definition) is 0. The summed E-state index contributed by atoms with van der Waals surface area (Å²) >= 11 is 0. The Morgan fingerprint density at radius 1 is 0.419 bits per heavy atom. The summed E-state index contributed by atoms with van der Waals surface area (Å²) < 4.78 is 122. The van der Waals surface area contributed by atoms with E-state index in [1.165, 1.54) is 0 Å². The van der Waals surface area contributed by atoms with Crippen molar-refractivity contribution in [2.75, 3.05) is 0 Å². The van der Waals surface area contributed by atoms with Crippen molar-refractivity contribution >= 4 is 54.3 Å². The Hall–Kier alpha value is -5.66. The van der Waals surface area contributed by atoms with Gasteiger partial charge in [-0.15, -0.1) is 0 Å². The van der Waals surface area contributed by atoms with Crippen LogP contribution in [0.25, 0.3) is 87.6 Å². The average molecular weight is 560 g/mol. The number of hydrogen-bond acceptors (Lipinski definition) is 1. The van der Waals surface area contributed by atoms with Crippen molar-refractivity contribution in [2.45, 2.75) is 0 Å². The molecule has 0 N–H and O–H groups in total. The van der Waals surface area contributed by atoms with E-state index in [1.54, 1.807) is 72.8 Å². The molecule has 0 aliphatic rings. The third kappa shape index (κ3) is 3.72. The fourth-order valence-corrected chi connectivity index (χ4v) is 5.99. The molecule has 0 bridgehead atoms. The molecule has 200 valence electrons. The maximum atomic E-state index is 9.50. The first-order chi connectivity index (χ1) is 26.8. The van der Waals surface area contributed by atoms with E-state index >= 15 is 0 Å². The van der Waals surface area contributed by atoms with Crippen LogP contribution in [0.3, 0.4) is 0 Å². The van der Waals surface area contributed by atoms with Crippen LogP contribution in [-0.4, -0.2) is 0 Å². The van der Waals surface area contributed by atoms with Crippen LogP contribution in [0.2, 0.25) is 0 Å². The van der Waals surface area contributed by atoms with Crippen molar-refractivity contribution in [3.8, 4) is 33.4 Å². The normalized spacial score (nSPS) is 16.0. The number of benzene rings is 8. The smallest absolute Gasteiger partial charge is 0.136 e. The minimum atomic E-state index is -0.585. The zero-order valence-electron chi connectivity index (χ0n) is 35.4. The summed E-state index contributed by atoms with van der Waals surface area (Å²) in [5.74, 6) is 0. The lowest BCUT2D eigenvalue weighted by molar-refractivity contribution is 0.669. The zero-order chi connectivity index (χ0) is 39.6. The molecule has 9 aromatic rings. The molecule has 0 amide bonds. The highest BCUT2D eigenvalue weighted by molar-refractivity contribution is 6.26. The molecule has 0 aliphatic carbocycles. The molecular weight excluding hydrogens is 520 g/mol.